The molecule has 19 N–H and O–H groups in total. The molecule has 13 amide bonds. The number of nitrogens with one attached hydrogen (secondary N) is 11. The number of primary amides is 1. The lowest BCUT2D eigenvalue weighted by molar-refractivity contribution is -0.142. The number of carbonyl (C=O) groups is 13. The van der Waals surface area contributed by atoms with Crippen molar-refractivity contribution in [3.05, 3.63) is 113 Å². The van der Waals surface area contributed by atoms with Gasteiger partial charge < -0.3 is 90.8 Å². The predicted octanol–water partition coefficient (Wildman–Crippen LogP) is -0.827. The summed E-state index contributed by atoms with van der Waals surface area (Å²) >= 11 is 6.16. The first-order valence-electron chi connectivity index (χ1n) is 34.5. The van der Waals surface area contributed by atoms with Crippen molar-refractivity contribution in [1.82, 2.24) is 63.4 Å². The van der Waals surface area contributed by atoms with Crippen molar-refractivity contribution in [2.45, 2.75) is 191 Å². The standard InChI is InChI=1S/C71H97ClN16O15/c1-6-7-14-48-36-55(81-59(92)27-29-76-60(93)37-56(79-41(5)90)67(100)84-52(62(95)80-48)33-42-18-23-47(72)24-19-42)66(99)87-57(38-89)68(101)86-53(34-43-20-25-49(91)26-21-43)64(97)85-54(35-44-17-22-45-12-8-9-13-46(45)32-44)65(98)83-51(31-39(2)3)63(96)82-50(15-10-28-77-71(74)75)70(103)88-30-11-16-58(88)69(102)78-40(4)61(73)94/h8-9,12-13,17-26,32,39-40,48,50-58,89,91H,6-7,10-11,14-16,27-31,33-38H2,1-5H3,(H2,73,94)(H,76,93)(H,78,102)(H,79,90)(H,80,95)(H,81,92)(H,82,96)(H,83,98)(H,84,100)(H,85,97)(H,86,101)(H,87,99)(H4,74,75,77)/t40-,48?,50+,51-,52-,53+,54-,55-,56+,57+,58-/m1/s1. The zero-order valence-corrected chi connectivity index (χ0v) is 59.3. The number of carbonyl (C=O) groups excluding carboxylic acids is 13. The van der Waals surface area contributed by atoms with E-state index in [1.807, 2.05) is 37.3 Å². The minimum Gasteiger partial charge on any atom is -0.508 e. The van der Waals surface area contributed by atoms with Gasteiger partial charge in [0.05, 0.1) is 13.0 Å². The lowest BCUT2D eigenvalue weighted by Gasteiger charge is -2.31. The van der Waals surface area contributed by atoms with Gasteiger partial charge in [0.15, 0.2) is 5.96 Å². The number of likely N-dealkylation sites (tertiary alicyclic amines) is 1. The van der Waals surface area contributed by atoms with E-state index in [4.69, 9.17) is 28.8 Å². The SMILES string of the molecule is CCCCC1C[C@H](C(=O)N[C@@H](CO)C(=O)N[C@@H](Cc2ccc(O)cc2)C(=O)N[C@H](Cc2ccc3ccccc3c2)C(=O)N[C@H](CC(C)C)C(=O)N[C@@H](CCCN=C(N)N)C(=O)N2CCC[C@@H]2C(=O)N[C@H](C)C(N)=O)NC(=O)CCNC(=O)C[C@H](NC(C)=O)C(=O)N[C@H](Cc2ccc(Cl)cc2)C(=O)N1. The number of benzene rings is 4. The fraction of sp³-hybridized carbons (Fsp3) is 0.493. The molecule has 0 aromatic heterocycles. The van der Waals surface area contributed by atoms with E-state index in [0.29, 0.717) is 41.0 Å². The van der Waals surface area contributed by atoms with E-state index in [2.05, 4.69) is 63.5 Å². The summed E-state index contributed by atoms with van der Waals surface area (Å²) in [6, 6.07) is 9.82. The van der Waals surface area contributed by atoms with E-state index < -0.39 is 163 Å². The van der Waals surface area contributed by atoms with Gasteiger partial charge in [-0.1, -0.05) is 112 Å². The van der Waals surface area contributed by atoms with E-state index in [1.165, 1.54) is 36.1 Å². The number of aliphatic hydroxyl groups excluding tert-OH is 1. The van der Waals surface area contributed by atoms with Crippen LogP contribution in [-0.4, -0.2) is 191 Å². The Bertz CT molecular complexity index is 3690. The number of aliphatic imine (C=N–C) groups is 1. The van der Waals surface area contributed by atoms with Gasteiger partial charge in [0.1, 0.15) is 66.2 Å². The number of phenolic OH excluding ortho intramolecular Hbond substituents is 1. The summed E-state index contributed by atoms with van der Waals surface area (Å²) in [5.74, 6) is -11.2. The minimum atomic E-state index is -1.85. The lowest BCUT2D eigenvalue weighted by Crippen LogP contribution is -2.61. The number of nitrogens with two attached hydrogens (primary N) is 3. The van der Waals surface area contributed by atoms with E-state index in [-0.39, 0.29) is 95.0 Å². The Morgan fingerprint density at radius 1 is 0.680 bits per heavy atom. The van der Waals surface area contributed by atoms with Crippen molar-refractivity contribution in [3.63, 3.8) is 0 Å². The third-order valence-corrected chi connectivity index (χ3v) is 17.7. The summed E-state index contributed by atoms with van der Waals surface area (Å²) < 4.78 is 0. The highest BCUT2D eigenvalue weighted by molar-refractivity contribution is 6.30. The molecular formula is C71H97ClN16O15. The quantitative estimate of drug-likeness (QED) is 0.0166. The molecule has 2 saturated heterocycles. The Morgan fingerprint density at radius 3 is 1.92 bits per heavy atom. The lowest BCUT2D eigenvalue weighted by atomic mass is 9.98. The van der Waals surface area contributed by atoms with Crippen molar-refractivity contribution >= 4 is 105 Å². The number of hydrogen-bond donors (Lipinski definition) is 16. The van der Waals surface area contributed by atoms with Crippen LogP contribution in [0.25, 0.3) is 10.8 Å². The number of unbranched alkanes of at least 4 members (excludes halogenated alkanes) is 1. The number of nitrogens with zero attached hydrogens (tertiary/aromatic N) is 2. The third kappa shape index (κ3) is 26.5. The molecule has 0 radical (unpaired) electrons. The summed E-state index contributed by atoms with van der Waals surface area (Å²) in [5.41, 5.74) is 18.1. The normalized spacial score (nSPS) is 19.2. The second kappa shape index (κ2) is 40.3. The maximum atomic E-state index is 15.2. The van der Waals surface area contributed by atoms with Gasteiger partial charge in [0.25, 0.3) is 0 Å². The number of fused-ring (bicyclic) bond motifs is 1. The summed E-state index contributed by atoms with van der Waals surface area (Å²) in [6.45, 7) is 6.82. The molecule has 0 spiro atoms. The average molecular weight is 1450 g/mol. The topological polar surface area (TPSA) is 488 Å². The molecule has 2 fully saturated rings. The average Bonchev–Trinajstić information content (AvgIpc) is 1.75. The summed E-state index contributed by atoms with van der Waals surface area (Å²) in [7, 11) is 0. The molecule has 2 aliphatic rings. The van der Waals surface area contributed by atoms with Crippen LogP contribution in [0, 0.1) is 5.92 Å². The molecule has 558 valence electrons. The summed E-state index contributed by atoms with van der Waals surface area (Å²) in [6.07, 6.45) is 0.178. The fourth-order valence-corrected chi connectivity index (χ4v) is 12.1. The van der Waals surface area contributed by atoms with Crippen LogP contribution in [0.5, 0.6) is 5.75 Å². The largest absolute Gasteiger partial charge is 0.508 e. The molecule has 4 aromatic rings. The Hall–Kier alpha value is -10.4. The molecule has 11 atom stereocenters. The van der Waals surface area contributed by atoms with Crippen LogP contribution in [0.1, 0.15) is 122 Å². The smallest absolute Gasteiger partial charge is 0.245 e. The first kappa shape index (κ1) is 81.5. The number of phenols is 1. The summed E-state index contributed by atoms with van der Waals surface area (Å²) in [5, 5.41) is 52.4. The zero-order chi connectivity index (χ0) is 75.4. The number of rotatable bonds is 31. The van der Waals surface area contributed by atoms with E-state index in [1.54, 1.807) is 50.2 Å². The predicted molar refractivity (Wildman–Crippen MR) is 382 cm³/mol. The Balaban J connectivity index is 1.30. The van der Waals surface area contributed by atoms with Gasteiger partial charge >= 0.3 is 0 Å². The number of hydrogen-bond acceptors (Lipinski definition) is 16. The molecule has 103 heavy (non-hydrogen) atoms. The van der Waals surface area contributed by atoms with Gasteiger partial charge in [-0.05, 0) is 110 Å². The van der Waals surface area contributed by atoms with Crippen molar-refractivity contribution in [3.8, 4) is 5.75 Å². The van der Waals surface area contributed by atoms with E-state index in [9.17, 15) is 63.0 Å². The van der Waals surface area contributed by atoms with Crippen molar-refractivity contribution in [1.29, 1.82) is 0 Å². The van der Waals surface area contributed by atoms with Crippen LogP contribution < -0.4 is 75.7 Å². The van der Waals surface area contributed by atoms with Crippen molar-refractivity contribution in [2.75, 3.05) is 26.2 Å². The van der Waals surface area contributed by atoms with Crippen LogP contribution in [0.4, 0.5) is 0 Å². The van der Waals surface area contributed by atoms with Gasteiger partial charge in [-0.25, -0.2) is 0 Å². The van der Waals surface area contributed by atoms with Crippen molar-refractivity contribution < 1.29 is 72.5 Å². The Kier molecular flexibility index (Phi) is 31.9. The van der Waals surface area contributed by atoms with E-state index in [0.717, 1.165) is 17.7 Å². The Labute approximate surface area is 602 Å². The molecule has 0 bridgehead atoms. The van der Waals surface area contributed by atoms with Gasteiger partial charge in [0, 0.05) is 63.3 Å². The second-order valence-corrected chi connectivity index (χ2v) is 26.7. The van der Waals surface area contributed by atoms with Crippen LogP contribution in [0.3, 0.4) is 0 Å². The molecular weight excluding hydrogens is 1350 g/mol. The minimum absolute atomic E-state index is 0.00117. The first-order valence-corrected chi connectivity index (χ1v) is 34.9. The molecule has 0 aliphatic carbocycles. The maximum Gasteiger partial charge on any atom is 0.245 e. The molecule has 32 heteroatoms. The molecule has 2 heterocycles. The zero-order valence-electron chi connectivity index (χ0n) is 58.5. The van der Waals surface area contributed by atoms with Gasteiger partial charge in [-0.3, -0.25) is 67.3 Å². The highest BCUT2D eigenvalue weighted by Gasteiger charge is 2.41. The number of aliphatic hydroxyl groups is 1. The van der Waals surface area contributed by atoms with Gasteiger partial charge in [-0.15, -0.1) is 0 Å². The molecule has 1 unspecified atom stereocenters. The van der Waals surface area contributed by atoms with Gasteiger partial charge in [0.2, 0.25) is 76.8 Å². The van der Waals surface area contributed by atoms with Crippen LogP contribution in [-0.2, 0) is 81.6 Å². The van der Waals surface area contributed by atoms with Crippen LogP contribution in [0.2, 0.25) is 5.02 Å². The number of halogens is 1. The molecule has 0 saturated carbocycles. The maximum absolute atomic E-state index is 15.2. The molecule has 2 aliphatic heterocycles. The van der Waals surface area contributed by atoms with Crippen LogP contribution in [0.15, 0.2) is 96.0 Å². The van der Waals surface area contributed by atoms with E-state index >= 15 is 9.59 Å². The highest BCUT2D eigenvalue weighted by atomic mass is 35.5. The second-order valence-electron chi connectivity index (χ2n) is 26.3. The van der Waals surface area contributed by atoms with Crippen molar-refractivity contribution in [2.24, 2.45) is 28.1 Å². The van der Waals surface area contributed by atoms with Gasteiger partial charge in [-0.2, -0.15) is 0 Å². The highest BCUT2D eigenvalue weighted by Crippen LogP contribution is 2.23. The molecule has 31 nitrogen and oxygen atoms in total. The fourth-order valence-electron chi connectivity index (χ4n) is 11.9. The summed E-state index contributed by atoms with van der Waals surface area (Å²) in [4.78, 5) is 187. The number of amides is 13. The Morgan fingerprint density at radius 2 is 1.29 bits per heavy atom. The number of aromatic hydroxyl groups is 1. The molecule has 4 aromatic carbocycles. The number of guanidine groups is 1. The monoisotopic (exact) mass is 1450 g/mol. The van der Waals surface area contributed by atoms with Crippen LogP contribution >= 0.6 is 11.6 Å². The molecule has 6 rings (SSSR count). The first-order chi connectivity index (χ1) is 49.0. The third-order valence-electron chi connectivity index (χ3n) is 17.4.